The molecule has 0 unspecified atom stereocenters. The molecular formula is C24H15Cl4F3N2O2. The molecule has 1 aliphatic carbocycles. The number of nitrogens with one attached hydrogen (secondary N) is 2. The van der Waals surface area contributed by atoms with Gasteiger partial charge in [0.1, 0.15) is 21.8 Å². The van der Waals surface area contributed by atoms with Crippen LogP contribution >= 0.6 is 46.4 Å². The first-order valence-corrected chi connectivity index (χ1v) is 11.6. The van der Waals surface area contributed by atoms with E-state index in [4.69, 9.17) is 46.4 Å². The van der Waals surface area contributed by atoms with E-state index in [0.29, 0.717) is 17.2 Å². The molecule has 0 bridgehead atoms. The Balaban J connectivity index is 1.55. The molecule has 0 aliphatic heterocycles. The lowest BCUT2D eigenvalue weighted by Gasteiger charge is -2.13. The summed E-state index contributed by atoms with van der Waals surface area (Å²) in [4.78, 5) is 25.7. The second-order valence-corrected chi connectivity index (χ2v) is 10.3. The summed E-state index contributed by atoms with van der Waals surface area (Å²) < 4.78 is 39.2. The van der Waals surface area contributed by atoms with Gasteiger partial charge in [0.15, 0.2) is 0 Å². The van der Waals surface area contributed by atoms with Crippen LogP contribution in [0.1, 0.15) is 27.4 Å². The van der Waals surface area contributed by atoms with Gasteiger partial charge in [-0.3, -0.25) is 9.59 Å². The molecule has 182 valence electrons. The molecule has 0 saturated heterocycles. The molecule has 4 nitrogen and oxygen atoms in total. The molecule has 1 fully saturated rings. The lowest BCUT2D eigenvalue weighted by molar-refractivity contribution is -0.117. The topological polar surface area (TPSA) is 58.2 Å². The van der Waals surface area contributed by atoms with E-state index in [1.54, 1.807) is 6.92 Å². The second-order valence-electron chi connectivity index (χ2n) is 8.00. The quantitative estimate of drug-likeness (QED) is 0.317. The molecule has 2 amide bonds. The Labute approximate surface area is 218 Å². The number of halogens is 7. The van der Waals surface area contributed by atoms with E-state index >= 15 is 0 Å². The van der Waals surface area contributed by atoms with Gasteiger partial charge in [0, 0.05) is 28.3 Å². The van der Waals surface area contributed by atoms with Gasteiger partial charge >= 0.3 is 0 Å². The molecule has 4 rings (SSSR count). The fourth-order valence-electron chi connectivity index (χ4n) is 3.76. The van der Waals surface area contributed by atoms with Crippen molar-refractivity contribution in [2.75, 3.05) is 10.6 Å². The summed E-state index contributed by atoms with van der Waals surface area (Å²) in [7, 11) is 0. The zero-order valence-electron chi connectivity index (χ0n) is 17.7. The average Bonchev–Trinajstić information content (AvgIpc) is 3.36. The monoisotopic (exact) mass is 560 g/mol. The molecule has 1 aliphatic rings. The van der Waals surface area contributed by atoms with E-state index in [1.165, 1.54) is 24.3 Å². The number of anilines is 2. The number of benzene rings is 3. The molecule has 1 saturated carbocycles. The summed E-state index contributed by atoms with van der Waals surface area (Å²) in [5, 5.41) is 5.01. The molecule has 35 heavy (non-hydrogen) atoms. The van der Waals surface area contributed by atoms with Crippen LogP contribution in [-0.4, -0.2) is 16.1 Å². The van der Waals surface area contributed by atoms with Gasteiger partial charge in [-0.1, -0.05) is 29.3 Å². The van der Waals surface area contributed by atoms with Gasteiger partial charge in [0.2, 0.25) is 5.91 Å². The molecule has 0 radical (unpaired) electrons. The van der Waals surface area contributed by atoms with Crippen molar-refractivity contribution in [1.29, 1.82) is 0 Å². The van der Waals surface area contributed by atoms with Crippen molar-refractivity contribution in [2.45, 2.75) is 17.2 Å². The molecule has 11 heteroatoms. The van der Waals surface area contributed by atoms with E-state index in [2.05, 4.69) is 10.6 Å². The first-order chi connectivity index (χ1) is 16.4. The van der Waals surface area contributed by atoms with Crippen molar-refractivity contribution >= 4 is 69.6 Å². The highest BCUT2D eigenvalue weighted by atomic mass is 35.5. The van der Waals surface area contributed by atoms with Gasteiger partial charge in [-0.25, -0.2) is 13.2 Å². The third-order valence-electron chi connectivity index (χ3n) is 5.67. The van der Waals surface area contributed by atoms with Gasteiger partial charge in [-0.05, 0) is 54.4 Å². The largest absolute Gasteiger partial charge is 0.326 e. The van der Waals surface area contributed by atoms with E-state index in [0.717, 1.165) is 18.2 Å². The Morgan fingerprint density at radius 1 is 0.886 bits per heavy atom. The van der Waals surface area contributed by atoms with Crippen molar-refractivity contribution in [3.8, 4) is 0 Å². The first kappa shape index (κ1) is 25.6. The van der Waals surface area contributed by atoms with Crippen molar-refractivity contribution in [2.24, 2.45) is 5.92 Å². The number of rotatable bonds is 5. The highest BCUT2D eigenvalue weighted by Gasteiger charge is 2.67. The summed E-state index contributed by atoms with van der Waals surface area (Å²) in [6, 6.07) is 9.46. The zero-order chi connectivity index (χ0) is 25.7. The number of alkyl halides is 2. The van der Waals surface area contributed by atoms with Crippen LogP contribution < -0.4 is 10.6 Å². The van der Waals surface area contributed by atoms with Crippen LogP contribution in [0.3, 0.4) is 0 Å². The third kappa shape index (κ3) is 5.09. The zero-order valence-corrected chi connectivity index (χ0v) is 20.8. The minimum absolute atomic E-state index is 0.0530. The van der Waals surface area contributed by atoms with E-state index in [1.807, 2.05) is 0 Å². The summed E-state index contributed by atoms with van der Waals surface area (Å²) in [6.45, 7) is 1.57. The summed E-state index contributed by atoms with van der Waals surface area (Å²) in [5.74, 6) is -5.18. The summed E-state index contributed by atoms with van der Waals surface area (Å²) in [5.41, 5.74) is 0.859. The predicted molar refractivity (Wildman–Crippen MR) is 131 cm³/mol. The molecule has 0 spiro atoms. The number of carbonyl (C=O) groups excluding carboxylic acids is 2. The molecule has 0 heterocycles. The lowest BCUT2D eigenvalue weighted by atomic mass is 10.1. The number of hydrogen-bond donors (Lipinski definition) is 2. The Kier molecular flexibility index (Phi) is 6.99. The van der Waals surface area contributed by atoms with Gasteiger partial charge in [-0.2, -0.15) is 0 Å². The van der Waals surface area contributed by atoms with Gasteiger partial charge < -0.3 is 10.6 Å². The van der Waals surface area contributed by atoms with Crippen LogP contribution in [0.2, 0.25) is 10.0 Å². The maximum absolute atomic E-state index is 14.0. The van der Waals surface area contributed by atoms with Crippen LogP contribution in [0.5, 0.6) is 0 Å². The Morgan fingerprint density at radius 2 is 1.60 bits per heavy atom. The van der Waals surface area contributed by atoms with E-state index in [9.17, 15) is 22.8 Å². The summed E-state index contributed by atoms with van der Waals surface area (Å²) >= 11 is 24.7. The summed E-state index contributed by atoms with van der Waals surface area (Å²) in [6.07, 6.45) is 0. The van der Waals surface area contributed by atoms with Crippen LogP contribution in [-0.2, 0) is 4.79 Å². The third-order valence-corrected chi connectivity index (χ3v) is 7.30. The number of amides is 2. The van der Waals surface area contributed by atoms with E-state index in [-0.39, 0.29) is 27.0 Å². The number of hydrogen-bond acceptors (Lipinski definition) is 2. The van der Waals surface area contributed by atoms with Crippen LogP contribution in [0.25, 0.3) is 0 Å². The van der Waals surface area contributed by atoms with Crippen LogP contribution in [0, 0.1) is 30.3 Å². The Morgan fingerprint density at radius 3 is 2.26 bits per heavy atom. The van der Waals surface area contributed by atoms with Crippen molar-refractivity contribution < 1.29 is 22.8 Å². The van der Waals surface area contributed by atoms with Crippen molar-refractivity contribution in [3.05, 3.63) is 92.7 Å². The minimum atomic E-state index is -1.46. The maximum atomic E-state index is 14.0. The van der Waals surface area contributed by atoms with E-state index < -0.39 is 45.4 Å². The van der Waals surface area contributed by atoms with Crippen molar-refractivity contribution in [1.82, 2.24) is 0 Å². The Hall–Kier alpha value is -2.45. The molecule has 2 N–H and O–H groups in total. The fraction of sp³-hybridized carbons (Fsp3) is 0.167. The smallest absolute Gasteiger partial charge is 0.256 e. The molecule has 2 atom stereocenters. The standard InChI is InChI=1S/C24H15Cl4F3N2O2/c1-10-14(22(34)33-19-5-3-12(29)7-18(19)31)8-13(9-15(10)25)32-23(35)21-20(24(21,27)28)11-2-4-17(30)16(26)6-11/h2-9,20-21H,1H3,(H,32,35)(H,33,34)/t20-,21+/m0/s1. The molecular weight excluding hydrogens is 547 g/mol. The average molecular weight is 562 g/mol. The predicted octanol–water partition coefficient (Wildman–Crippen LogP) is 7.50. The Bertz CT molecular complexity index is 1370. The second kappa shape index (κ2) is 9.54. The minimum Gasteiger partial charge on any atom is -0.326 e. The highest BCUT2D eigenvalue weighted by Crippen LogP contribution is 2.65. The normalized spacial score (nSPS) is 18.2. The highest BCUT2D eigenvalue weighted by molar-refractivity contribution is 6.53. The first-order valence-electron chi connectivity index (χ1n) is 10.1. The SMILES string of the molecule is Cc1c(Cl)cc(NC(=O)[C@H]2[C@H](c3ccc(F)c(Cl)c3)C2(Cl)Cl)cc1C(=O)Nc1ccc(F)cc1F. The van der Waals surface area contributed by atoms with Crippen molar-refractivity contribution in [3.63, 3.8) is 0 Å². The number of carbonyl (C=O) groups is 2. The van der Waals surface area contributed by atoms with Gasteiger partial charge in [0.25, 0.3) is 5.91 Å². The maximum Gasteiger partial charge on any atom is 0.256 e. The van der Waals surface area contributed by atoms with Gasteiger partial charge in [0.05, 0.1) is 16.6 Å². The molecule has 0 aromatic heterocycles. The van der Waals surface area contributed by atoms with Crippen LogP contribution in [0.4, 0.5) is 24.5 Å². The molecule has 3 aromatic carbocycles. The molecule has 3 aromatic rings. The van der Waals surface area contributed by atoms with Gasteiger partial charge in [-0.15, -0.1) is 23.2 Å². The fourth-order valence-corrected chi connectivity index (χ4v) is 5.00. The lowest BCUT2D eigenvalue weighted by Crippen LogP contribution is -2.19. The van der Waals surface area contributed by atoms with Crippen LogP contribution in [0.15, 0.2) is 48.5 Å².